The van der Waals surface area contributed by atoms with Crippen LogP contribution in [0.1, 0.15) is 39.2 Å². The second kappa shape index (κ2) is 9.03. The van der Waals surface area contributed by atoms with Crippen molar-refractivity contribution in [1.82, 2.24) is 19.8 Å². The van der Waals surface area contributed by atoms with Crippen molar-refractivity contribution in [3.05, 3.63) is 54.4 Å². The maximum absolute atomic E-state index is 11.8. The van der Waals surface area contributed by atoms with Crippen LogP contribution in [0.15, 0.2) is 53.7 Å². The Bertz CT molecular complexity index is 1290. The van der Waals surface area contributed by atoms with Crippen molar-refractivity contribution in [2.45, 2.75) is 57.1 Å². The van der Waals surface area contributed by atoms with Crippen LogP contribution in [0.4, 0.5) is 4.79 Å². The van der Waals surface area contributed by atoms with E-state index in [1.54, 1.807) is 23.1 Å². The third kappa shape index (κ3) is 5.10. The standard InChI is InChI=1S/C25H32N4O4S/c1-25(2,3)22-14-19(10-12-29(22)24(30)31)26-15-17-5-8-23(27-16-17)28-11-9-18-13-20(34(4,32)33)6-7-21(18)28/h5-9,11,13,16,19,22,26H,10,12,14-15H2,1-4H3,(H,30,31). The summed E-state index contributed by atoms with van der Waals surface area (Å²) in [5.74, 6) is 0.758. The summed E-state index contributed by atoms with van der Waals surface area (Å²) in [5, 5.41) is 14.0. The number of likely N-dealkylation sites (tertiary alicyclic amines) is 1. The first-order chi connectivity index (χ1) is 15.9. The Morgan fingerprint density at radius 1 is 1.21 bits per heavy atom. The van der Waals surface area contributed by atoms with Crippen LogP contribution in [0.3, 0.4) is 0 Å². The normalized spacial score (nSPS) is 19.5. The second-order valence-electron chi connectivity index (χ2n) is 10.2. The number of aromatic nitrogens is 2. The molecule has 2 atom stereocenters. The molecule has 1 aliphatic rings. The van der Waals surface area contributed by atoms with E-state index in [0.717, 1.165) is 35.1 Å². The molecule has 1 amide bonds. The van der Waals surface area contributed by atoms with Gasteiger partial charge in [0.2, 0.25) is 0 Å². The van der Waals surface area contributed by atoms with Gasteiger partial charge in [0.25, 0.3) is 0 Å². The minimum atomic E-state index is -3.25. The topological polar surface area (TPSA) is 105 Å². The smallest absolute Gasteiger partial charge is 0.407 e. The molecule has 1 aliphatic heterocycles. The van der Waals surface area contributed by atoms with Gasteiger partial charge in [-0.3, -0.25) is 0 Å². The number of nitrogens with one attached hydrogen (secondary N) is 1. The number of amides is 1. The van der Waals surface area contributed by atoms with Gasteiger partial charge in [0, 0.05) is 49.2 Å². The first-order valence-electron chi connectivity index (χ1n) is 11.4. The van der Waals surface area contributed by atoms with Gasteiger partial charge in [-0.15, -0.1) is 0 Å². The molecule has 2 unspecified atom stereocenters. The van der Waals surface area contributed by atoms with Crippen LogP contribution >= 0.6 is 0 Å². The van der Waals surface area contributed by atoms with Crippen LogP contribution in [-0.2, 0) is 16.4 Å². The number of pyridine rings is 1. The molecule has 8 nitrogen and oxygen atoms in total. The maximum Gasteiger partial charge on any atom is 0.407 e. The number of carbonyl (C=O) groups is 1. The highest BCUT2D eigenvalue weighted by Gasteiger charge is 2.38. The van der Waals surface area contributed by atoms with E-state index < -0.39 is 15.9 Å². The first-order valence-corrected chi connectivity index (χ1v) is 13.3. The highest BCUT2D eigenvalue weighted by molar-refractivity contribution is 7.90. The summed E-state index contributed by atoms with van der Waals surface area (Å²) in [4.78, 5) is 18.1. The van der Waals surface area contributed by atoms with Crippen molar-refractivity contribution < 1.29 is 18.3 Å². The lowest BCUT2D eigenvalue weighted by molar-refractivity contribution is 0.0481. The third-order valence-electron chi connectivity index (χ3n) is 6.59. The largest absolute Gasteiger partial charge is 0.465 e. The average Bonchev–Trinajstić information content (AvgIpc) is 3.20. The Labute approximate surface area is 200 Å². The summed E-state index contributed by atoms with van der Waals surface area (Å²) in [7, 11) is -3.25. The Balaban J connectivity index is 1.43. The van der Waals surface area contributed by atoms with Gasteiger partial charge in [-0.2, -0.15) is 0 Å². The fourth-order valence-electron chi connectivity index (χ4n) is 4.68. The number of hydrogen-bond acceptors (Lipinski definition) is 5. The summed E-state index contributed by atoms with van der Waals surface area (Å²) in [6.07, 6.45) is 5.66. The minimum absolute atomic E-state index is 0.0259. The summed E-state index contributed by atoms with van der Waals surface area (Å²) in [5.41, 5.74) is 1.82. The van der Waals surface area contributed by atoms with E-state index in [0.29, 0.717) is 18.0 Å². The van der Waals surface area contributed by atoms with Crippen LogP contribution < -0.4 is 5.32 Å². The van der Waals surface area contributed by atoms with Gasteiger partial charge in [0.05, 0.1) is 10.4 Å². The molecule has 182 valence electrons. The predicted molar refractivity (Wildman–Crippen MR) is 132 cm³/mol. The zero-order valence-electron chi connectivity index (χ0n) is 20.0. The number of nitrogens with zero attached hydrogens (tertiary/aromatic N) is 3. The van der Waals surface area contributed by atoms with Crippen molar-refractivity contribution in [3.63, 3.8) is 0 Å². The molecule has 4 rings (SSSR count). The molecule has 0 spiro atoms. The molecular weight excluding hydrogens is 452 g/mol. The fraction of sp³-hybridized carbons (Fsp3) is 0.440. The molecule has 0 saturated carbocycles. The molecule has 2 aromatic heterocycles. The van der Waals surface area contributed by atoms with Gasteiger partial charge in [-0.1, -0.05) is 26.8 Å². The molecule has 0 bridgehead atoms. The van der Waals surface area contributed by atoms with Crippen molar-refractivity contribution >= 4 is 26.8 Å². The summed E-state index contributed by atoms with van der Waals surface area (Å²) >= 11 is 0. The van der Waals surface area contributed by atoms with E-state index in [1.807, 2.05) is 35.2 Å². The minimum Gasteiger partial charge on any atom is -0.465 e. The quantitative estimate of drug-likeness (QED) is 0.566. The molecule has 3 heterocycles. The monoisotopic (exact) mass is 484 g/mol. The SMILES string of the molecule is CC(C)(C)C1CC(NCc2ccc(-n3ccc4cc(S(C)(=O)=O)ccc43)nc2)CCN1C(=O)O. The van der Waals surface area contributed by atoms with Crippen LogP contribution in [0.25, 0.3) is 16.7 Å². The Morgan fingerprint density at radius 3 is 2.59 bits per heavy atom. The van der Waals surface area contributed by atoms with Crippen molar-refractivity contribution in [2.75, 3.05) is 12.8 Å². The van der Waals surface area contributed by atoms with Crippen LogP contribution in [0, 0.1) is 5.41 Å². The number of fused-ring (bicyclic) bond motifs is 1. The van der Waals surface area contributed by atoms with E-state index >= 15 is 0 Å². The molecule has 34 heavy (non-hydrogen) atoms. The van der Waals surface area contributed by atoms with E-state index in [4.69, 9.17) is 0 Å². The van der Waals surface area contributed by atoms with Gasteiger partial charge in [-0.05, 0) is 54.2 Å². The Kier molecular flexibility index (Phi) is 6.44. The predicted octanol–water partition coefficient (Wildman–Crippen LogP) is 4.08. The second-order valence-corrected chi connectivity index (χ2v) is 12.2. The number of rotatable bonds is 5. The molecule has 2 N–H and O–H groups in total. The lowest BCUT2D eigenvalue weighted by atomic mass is 9.79. The van der Waals surface area contributed by atoms with Crippen LogP contribution in [-0.4, -0.2) is 59.0 Å². The number of piperidine rings is 1. The first kappa shape index (κ1) is 24.2. The fourth-order valence-corrected chi connectivity index (χ4v) is 5.33. The highest BCUT2D eigenvalue weighted by Crippen LogP contribution is 2.32. The van der Waals surface area contributed by atoms with E-state index in [-0.39, 0.29) is 17.5 Å². The summed E-state index contributed by atoms with van der Waals surface area (Å²) < 4.78 is 25.6. The third-order valence-corrected chi connectivity index (χ3v) is 7.70. The molecule has 1 aromatic carbocycles. The molecule has 1 saturated heterocycles. The van der Waals surface area contributed by atoms with Crippen LogP contribution in [0.2, 0.25) is 0 Å². The van der Waals surface area contributed by atoms with E-state index in [2.05, 4.69) is 31.1 Å². The molecular formula is C25H32N4O4S. The highest BCUT2D eigenvalue weighted by atomic mass is 32.2. The lowest BCUT2D eigenvalue weighted by Gasteiger charge is -2.44. The van der Waals surface area contributed by atoms with Gasteiger partial charge in [0.1, 0.15) is 5.82 Å². The zero-order chi connectivity index (χ0) is 24.7. The van der Waals surface area contributed by atoms with Gasteiger partial charge in [0.15, 0.2) is 9.84 Å². The van der Waals surface area contributed by atoms with Crippen molar-refractivity contribution in [3.8, 4) is 5.82 Å². The molecule has 3 aromatic rings. The maximum atomic E-state index is 11.8. The average molecular weight is 485 g/mol. The van der Waals surface area contributed by atoms with Gasteiger partial charge < -0.3 is 19.9 Å². The Hall–Kier alpha value is -2.91. The van der Waals surface area contributed by atoms with E-state index in [1.165, 1.54) is 6.26 Å². The van der Waals surface area contributed by atoms with Crippen molar-refractivity contribution in [2.24, 2.45) is 5.41 Å². The Morgan fingerprint density at radius 2 is 1.97 bits per heavy atom. The van der Waals surface area contributed by atoms with Crippen LogP contribution in [0.5, 0.6) is 0 Å². The number of benzene rings is 1. The molecule has 0 aliphatic carbocycles. The zero-order valence-corrected chi connectivity index (χ0v) is 20.8. The molecule has 9 heteroatoms. The van der Waals surface area contributed by atoms with Gasteiger partial charge in [-0.25, -0.2) is 18.2 Å². The molecule has 1 fully saturated rings. The number of sulfone groups is 1. The van der Waals surface area contributed by atoms with Crippen molar-refractivity contribution in [1.29, 1.82) is 0 Å². The summed E-state index contributed by atoms with van der Waals surface area (Å²) in [6.45, 7) is 7.46. The molecule has 0 radical (unpaired) electrons. The van der Waals surface area contributed by atoms with Gasteiger partial charge >= 0.3 is 6.09 Å². The number of hydrogen-bond donors (Lipinski definition) is 2. The lowest BCUT2D eigenvalue weighted by Crippen LogP contribution is -2.55. The summed E-state index contributed by atoms with van der Waals surface area (Å²) in [6, 6.07) is 11.2. The number of carboxylic acid groups (broad SMARTS) is 1. The van der Waals surface area contributed by atoms with E-state index in [9.17, 15) is 18.3 Å².